The summed E-state index contributed by atoms with van der Waals surface area (Å²) in [5, 5.41) is 0. The van der Waals surface area contributed by atoms with Crippen LogP contribution in [0.15, 0.2) is 12.3 Å². The fourth-order valence-electron chi connectivity index (χ4n) is 0.840. The lowest BCUT2D eigenvalue weighted by Gasteiger charge is -1.95. The summed E-state index contributed by atoms with van der Waals surface area (Å²) in [6.07, 6.45) is 1.77. The first kappa shape index (κ1) is 6.86. The molecule has 3 heteroatoms. The van der Waals surface area contributed by atoms with Crippen LogP contribution in [-0.4, -0.2) is 10.4 Å². The summed E-state index contributed by atoms with van der Waals surface area (Å²) in [6, 6.07) is 1.72. The second kappa shape index (κ2) is 2.17. The second-order valence-corrected chi connectivity index (χ2v) is 2.28. The van der Waals surface area contributed by atoms with Gasteiger partial charge in [0.05, 0.1) is 5.56 Å². The average molecular weight is 138 g/mol. The van der Waals surface area contributed by atoms with Crippen molar-refractivity contribution in [2.75, 3.05) is 5.73 Å². The summed E-state index contributed by atoms with van der Waals surface area (Å²) < 4.78 is 1.72. The van der Waals surface area contributed by atoms with E-state index in [2.05, 4.69) is 0 Å². The van der Waals surface area contributed by atoms with Gasteiger partial charge in [-0.3, -0.25) is 4.79 Å². The van der Waals surface area contributed by atoms with Crippen LogP contribution in [0.2, 0.25) is 0 Å². The van der Waals surface area contributed by atoms with E-state index in [4.69, 9.17) is 5.73 Å². The first-order valence-electron chi connectivity index (χ1n) is 3.04. The van der Waals surface area contributed by atoms with E-state index in [0.717, 1.165) is 0 Å². The minimum atomic E-state index is 0.0121. The second-order valence-electron chi connectivity index (χ2n) is 2.28. The largest absolute Gasteiger partial charge is 0.385 e. The molecule has 1 heterocycles. The van der Waals surface area contributed by atoms with Crippen LogP contribution >= 0.6 is 0 Å². The number of nitrogens with two attached hydrogens (primary N) is 1. The van der Waals surface area contributed by atoms with Crippen LogP contribution < -0.4 is 5.73 Å². The van der Waals surface area contributed by atoms with Gasteiger partial charge in [0, 0.05) is 13.2 Å². The Hall–Kier alpha value is -1.25. The third kappa shape index (κ3) is 0.900. The molecule has 0 amide bonds. The third-order valence-corrected chi connectivity index (χ3v) is 1.50. The molecule has 1 aromatic rings. The lowest BCUT2D eigenvalue weighted by Crippen LogP contribution is -2.00. The quantitative estimate of drug-likeness (QED) is 0.584. The van der Waals surface area contributed by atoms with Crippen molar-refractivity contribution in [3.8, 4) is 0 Å². The Bertz CT molecular complexity index is 263. The van der Waals surface area contributed by atoms with Gasteiger partial charge in [0.1, 0.15) is 5.82 Å². The van der Waals surface area contributed by atoms with Crippen molar-refractivity contribution in [3.63, 3.8) is 0 Å². The summed E-state index contributed by atoms with van der Waals surface area (Å²) in [6.45, 7) is 1.51. The SMILES string of the molecule is CC(=O)c1ccn(C)c1N. The standard InChI is InChI=1S/C7H10N2O/c1-5(10)6-3-4-9(2)7(6)8/h3-4H,8H2,1-2H3. The van der Waals surface area contributed by atoms with Crippen LogP contribution in [0.25, 0.3) is 0 Å². The lowest BCUT2D eigenvalue weighted by atomic mass is 10.2. The van der Waals surface area contributed by atoms with Crippen LogP contribution in [0, 0.1) is 0 Å². The smallest absolute Gasteiger partial charge is 0.163 e. The number of ketones is 1. The van der Waals surface area contributed by atoms with Crippen molar-refractivity contribution in [2.45, 2.75) is 6.92 Å². The van der Waals surface area contributed by atoms with Crippen LogP contribution in [0.3, 0.4) is 0 Å². The highest BCUT2D eigenvalue weighted by Gasteiger charge is 2.05. The van der Waals surface area contributed by atoms with Crippen LogP contribution in [-0.2, 0) is 7.05 Å². The summed E-state index contributed by atoms with van der Waals surface area (Å²) in [5.41, 5.74) is 6.15. The van der Waals surface area contributed by atoms with Gasteiger partial charge in [0.2, 0.25) is 0 Å². The molecule has 2 N–H and O–H groups in total. The molecular formula is C7H10N2O. The molecule has 0 fully saturated rings. The number of aromatic nitrogens is 1. The molecule has 54 valence electrons. The molecule has 0 radical (unpaired) electrons. The van der Waals surface area contributed by atoms with Crippen molar-refractivity contribution >= 4 is 11.6 Å². The number of anilines is 1. The zero-order valence-corrected chi connectivity index (χ0v) is 6.09. The van der Waals surface area contributed by atoms with Crippen molar-refractivity contribution in [3.05, 3.63) is 17.8 Å². The van der Waals surface area contributed by atoms with E-state index in [1.807, 2.05) is 7.05 Å². The number of carbonyl (C=O) groups is 1. The Morgan fingerprint density at radius 1 is 1.70 bits per heavy atom. The van der Waals surface area contributed by atoms with Gasteiger partial charge < -0.3 is 10.3 Å². The van der Waals surface area contributed by atoms with E-state index in [1.54, 1.807) is 16.8 Å². The highest BCUT2D eigenvalue weighted by Crippen LogP contribution is 2.11. The Morgan fingerprint density at radius 2 is 2.30 bits per heavy atom. The number of aryl methyl sites for hydroxylation is 1. The van der Waals surface area contributed by atoms with E-state index >= 15 is 0 Å². The Kier molecular flexibility index (Phi) is 1.49. The highest BCUT2D eigenvalue weighted by molar-refractivity contribution is 5.98. The minimum absolute atomic E-state index is 0.0121. The van der Waals surface area contributed by atoms with Crippen LogP contribution in [0.5, 0.6) is 0 Å². The van der Waals surface area contributed by atoms with Gasteiger partial charge in [-0.2, -0.15) is 0 Å². The number of carbonyl (C=O) groups excluding carboxylic acids is 1. The summed E-state index contributed by atoms with van der Waals surface area (Å²) in [5.74, 6) is 0.547. The normalized spacial score (nSPS) is 9.80. The Balaban J connectivity index is 3.17. The molecule has 0 saturated heterocycles. The van der Waals surface area contributed by atoms with Crippen molar-refractivity contribution in [1.82, 2.24) is 4.57 Å². The van der Waals surface area contributed by atoms with Gasteiger partial charge >= 0.3 is 0 Å². The fraction of sp³-hybridized carbons (Fsp3) is 0.286. The van der Waals surface area contributed by atoms with Crippen LogP contribution in [0.1, 0.15) is 17.3 Å². The van der Waals surface area contributed by atoms with E-state index in [-0.39, 0.29) is 5.78 Å². The van der Waals surface area contributed by atoms with E-state index < -0.39 is 0 Å². The van der Waals surface area contributed by atoms with Crippen molar-refractivity contribution < 1.29 is 4.79 Å². The molecule has 0 atom stereocenters. The number of hydrogen-bond acceptors (Lipinski definition) is 2. The molecule has 10 heavy (non-hydrogen) atoms. The molecule has 0 spiro atoms. The zero-order valence-electron chi connectivity index (χ0n) is 6.09. The fourth-order valence-corrected chi connectivity index (χ4v) is 0.840. The van der Waals surface area contributed by atoms with Gasteiger partial charge in [0.15, 0.2) is 5.78 Å². The maximum atomic E-state index is 10.8. The maximum absolute atomic E-state index is 10.8. The first-order chi connectivity index (χ1) is 4.63. The van der Waals surface area contributed by atoms with Crippen LogP contribution in [0.4, 0.5) is 5.82 Å². The first-order valence-corrected chi connectivity index (χ1v) is 3.04. The molecule has 0 saturated carbocycles. The van der Waals surface area contributed by atoms with Crippen molar-refractivity contribution in [2.24, 2.45) is 7.05 Å². The molecule has 0 unspecified atom stereocenters. The summed E-state index contributed by atoms with van der Waals surface area (Å²) in [4.78, 5) is 10.8. The van der Waals surface area contributed by atoms with Gasteiger partial charge in [-0.05, 0) is 13.0 Å². The molecule has 0 aromatic carbocycles. The van der Waals surface area contributed by atoms with Gasteiger partial charge in [-0.15, -0.1) is 0 Å². The van der Waals surface area contributed by atoms with Crippen molar-refractivity contribution in [1.29, 1.82) is 0 Å². The Morgan fingerprint density at radius 3 is 2.50 bits per heavy atom. The number of nitrogen functional groups attached to an aromatic ring is 1. The van der Waals surface area contributed by atoms with E-state index in [0.29, 0.717) is 11.4 Å². The number of nitrogens with zero attached hydrogens (tertiary/aromatic N) is 1. The maximum Gasteiger partial charge on any atom is 0.163 e. The predicted octanol–water partition coefficient (Wildman–Crippen LogP) is 0.810. The average Bonchev–Trinajstić information content (AvgIpc) is 2.14. The van der Waals surface area contributed by atoms with Gasteiger partial charge in [-0.1, -0.05) is 0 Å². The van der Waals surface area contributed by atoms with Gasteiger partial charge in [-0.25, -0.2) is 0 Å². The number of Topliss-reactive ketones (excluding diaryl/α,β-unsaturated/α-hetero) is 1. The van der Waals surface area contributed by atoms with E-state index in [1.165, 1.54) is 6.92 Å². The molecule has 1 aromatic heterocycles. The zero-order chi connectivity index (χ0) is 7.72. The molecule has 0 aliphatic heterocycles. The monoisotopic (exact) mass is 138 g/mol. The molecule has 3 nitrogen and oxygen atoms in total. The topological polar surface area (TPSA) is 48.0 Å². The minimum Gasteiger partial charge on any atom is -0.385 e. The molecule has 0 aliphatic carbocycles. The number of hydrogen-bond donors (Lipinski definition) is 1. The third-order valence-electron chi connectivity index (χ3n) is 1.50. The van der Waals surface area contributed by atoms with E-state index in [9.17, 15) is 4.79 Å². The lowest BCUT2D eigenvalue weighted by molar-refractivity contribution is 0.101. The van der Waals surface area contributed by atoms with Gasteiger partial charge in [0.25, 0.3) is 0 Å². The molecular weight excluding hydrogens is 128 g/mol. The predicted molar refractivity (Wildman–Crippen MR) is 39.8 cm³/mol. The highest BCUT2D eigenvalue weighted by atomic mass is 16.1. The summed E-state index contributed by atoms with van der Waals surface area (Å²) in [7, 11) is 1.81. The molecule has 0 aliphatic rings. The Labute approximate surface area is 59.4 Å². The molecule has 1 rings (SSSR count). The molecule has 0 bridgehead atoms. The number of rotatable bonds is 1. The summed E-state index contributed by atoms with van der Waals surface area (Å²) >= 11 is 0.